The Balaban J connectivity index is 0.942. The fourth-order valence-electron chi connectivity index (χ4n) is 6.49. The Kier molecular flexibility index (Phi) is 8.62. The first-order valence-corrected chi connectivity index (χ1v) is 15.3. The van der Waals surface area contributed by atoms with Crippen molar-refractivity contribution in [1.82, 2.24) is 25.3 Å². The maximum Gasteiger partial charge on any atom is 0.262 e. The van der Waals surface area contributed by atoms with E-state index < -0.39 is 23.8 Å². The summed E-state index contributed by atoms with van der Waals surface area (Å²) in [7, 11) is 1.61. The lowest BCUT2D eigenvalue weighted by Crippen LogP contribution is -2.54. The number of allylic oxidation sites excluding steroid dienone is 4. The number of hydrogen-bond donors (Lipinski definition) is 3. The van der Waals surface area contributed by atoms with Gasteiger partial charge < -0.3 is 25.3 Å². The van der Waals surface area contributed by atoms with E-state index in [0.29, 0.717) is 28.6 Å². The number of piperazine rings is 1. The predicted octanol–water partition coefficient (Wildman–Crippen LogP) is 1.27. The fourth-order valence-corrected chi connectivity index (χ4v) is 6.49. The summed E-state index contributed by atoms with van der Waals surface area (Å²) in [5.41, 5.74) is 2.83. The summed E-state index contributed by atoms with van der Waals surface area (Å²) in [5, 5.41) is 13.9. The molecule has 3 fully saturated rings. The largest absolute Gasteiger partial charge is 0.497 e. The monoisotopic (exact) mass is 601 g/mol. The van der Waals surface area contributed by atoms with Crippen molar-refractivity contribution in [2.75, 3.05) is 64.4 Å². The molecule has 0 radical (unpaired) electrons. The Morgan fingerprint density at radius 1 is 0.932 bits per heavy atom. The standard InChI is InChI=1S/C32H39N7O5/c1-44-24-4-2-21(27(33)19-24)20-34-22-8-10-36(11-9-22)12-13-37-14-16-38(17-15-37)23-3-5-25-26(18-23)32(43)39(31(25)42)28-6-7-29(40)35-30(28)41/h2-5,18-20,22,28,33-34H,6-17H2,1H3,(H,35,40,41)/b21-20-,33-27?. The highest BCUT2D eigenvalue weighted by Gasteiger charge is 2.44. The third kappa shape index (κ3) is 6.18. The summed E-state index contributed by atoms with van der Waals surface area (Å²) in [4.78, 5) is 58.3. The number of ether oxygens (including phenoxy) is 1. The van der Waals surface area contributed by atoms with Crippen LogP contribution in [-0.4, -0.2) is 116 Å². The van der Waals surface area contributed by atoms with E-state index in [1.165, 1.54) is 0 Å². The minimum Gasteiger partial charge on any atom is -0.497 e. The molecule has 4 amide bonds. The van der Waals surface area contributed by atoms with Crippen LogP contribution in [0.3, 0.4) is 0 Å². The molecule has 0 aromatic heterocycles. The van der Waals surface area contributed by atoms with Crippen LogP contribution >= 0.6 is 0 Å². The summed E-state index contributed by atoms with van der Waals surface area (Å²) in [6.45, 7) is 7.58. The Bertz CT molecular complexity index is 1450. The zero-order chi connectivity index (χ0) is 30.8. The molecule has 3 saturated heterocycles. The second-order valence-electron chi connectivity index (χ2n) is 11.9. The van der Waals surface area contributed by atoms with Crippen LogP contribution in [0, 0.1) is 5.41 Å². The van der Waals surface area contributed by atoms with Gasteiger partial charge in [0.1, 0.15) is 11.8 Å². The van der Waals surface area contributed by atoms with E-state index in [2.05, 4.69) is 25.3 Å². The van der Waals surface area contributed by atoms with Crippen LogP contribution in [0.15, 0.2) is 54.0 Å². The number of hydrogen-bond acceptors (Lipinski definition) is 10. The minimum absolute atomic E-state index is 0.104. The van der Waals surface area contributed by atoms with Crippen LogP contribution in [-0.2, 0) is 14.3 Å². The molecule has 1 unspecified atom stereocenters. The smallest absolute Gasteiger partial charge is 0.262 e. The molecular weight excluding hydrogens is 562 g/mol. The molecule has 1 aromatic rings. The van der Waals surface area contributed by atoms with E-state index in [-0.39, 0.29) is 18.7 Å². The van der Waals surface area contributed by atoms with Crippen molar-refractivity contribution in [3.05, 3.63) is 65.1 Å². The molecule has 1 aliphatic carbocycles. The van der Waals surface area contributed by atoms with Crippen LogP contribution in [0.4, 0.5) is 5.69 Å². The highest BCUT2D eigenvalue weighted by Crippen LogP contribution is 2.31. The first-order valence-electron chi connectivity index (χ1n) is 15.3. The van der Waals surface area contributed by atoms with E-state index in [1.54, 1.807) is 25.3 Å². The van der Waals surface area contributed by atoms with Gasteiger partial charge in [-0.15, -0.1) is 0 Å². The highest BCUT2D eigenvalue weighted by atomic mass is 16.5. The van der Waals surface area contributed by atoms with Crippen molar-refractivity contribution in [2.24, 2.45) is 0 Å². The van der Waals surface area contributed by atoms with Crippen molar-refractivity contribution in [2.45, 2.75) is 37.8 Å². The number of imide groups is 2. The first-order chi connectivity index (χ1) is 21.3. The lowest BCUT2D eigenvalue weighted by Gasteiger charge is -2.38. The molecule has 12 nitrogen and oxygen atoms in total. The molecule has 3 N–H and O–H groups in total. The quantitative estimate of drug-likeness (QED) is 0.376. The van der Waals surface area contributed by atoms with Gasteiger partial charge in [-0.2, -0.15) is 0 Å². The third-order valence-corrected chi connectivity index (χ3v) is 9.22. The lowest BCUT2D eigenvalue weighted by atomic mass is 10.0. The van der Waals surface area contributed by atoms with Crippen LogP contribution in [0.1, 0.15) is 46.4 Å². The zero-order valence-electron chi connectivity index (χ0n) is 25.0. The molecule has 1 atom stereocenters. The fraction of sp³-hybridized carbons (Fsp3) is 0.469. The number of carbonyl (C=O) groups excluding carboxylic acids is 4. The van der Waals surface area contributed by atoms with Crippen molar-refractivity contribution in [3.63, 3.8) is 0 Å². The number of nitrogens with one attached hydrogen (secondary N) is 3. The average molecular weight is 602 g/mol. The molecule has 5 aliphatic rings. The van der Waals surface area contributed by atoms with Gasteiger partial charge in [0.15, 0.2) is 0 Å². The first kappa shape index (κ1) is 29.8. The van der Waals surface area contributed by atoms with Crippen LogP contribution in [0.5, 0.6) is 0 Å². The van der Waals surface area contributed by atoms with Gasteiger partial charge in [0.05, 0.1) is 23.9 Å². The Morgan fingerprint density at radius 2 is 1.64 bits per heavy atom. The number of likely N-dealkylation sites (tertiary alicyclic amines) is 1. The molecule has 12 heteroatoms. The van der Waals surface area contributed by atoms with Crippen molar-refractivity contribution in [3.8, 4) is 0 Å². The summed E-state index contributed by atoms with van der Waals surface area (Å²) >= 11 is 0. The van der Waals surface area contributed by atoms with Crippen molar-refractivity contribution >= 4 is 35.0 Å². The molecular formula is C32H39N7O5. The van der Waals surface area contributed by atoms with Gasteiger partial charge in [-0.05, 0) is 49.6 Å². The number of piperidine rings is 2. The number of methoxy groups -OCH3 is 1. The van der Waals surface area contributed by atoms with Crippen molar-refractivity contribution in [1.29, 1.82) is 5.41 Å². The summed E-state index contributed by atoms with van der Waals surface area (Å²) in [6, 6.07) is 4.78. The summed E-state index contributed by atoms with van der Waals surface area (Å²) in [6.07, 6.45) is 9.84. The van der Waals surface area contributed by atoms with Crippen molar-refractivity contribution < 1.29 is 23.9 Å². The third-order valence-electron chi connectivity index (χ3n) is 9.22. The average Bonchev–Trinajstić information content (AvgIpc) is 3.28. The van der Waals surface area contributed by atoms with Gasteiger partial charge in [0, 0.05) is 88.4 Å². The number of fused-ring (bicyclic) bond motifs is 1. The van der Waals surface area contributed by atoms with E-state index in [1.807, 2.05) is 24.4 Å². The number of anilines is 1. The van der Waals surface area contributed by atoms with Gasteiger partial charge in [0.25, 0.3) is 11.8 Å². The Morgan fingerprint density at radius 3 is 2.32 bits per heavy atom. The van der Waals surface area contributed by atoms with Crippen LogP contribution < -0.4 is 15.5 Å². The second kappa shape index (κ2) is 12.7. The number of rotatable bonds is 8. The van der Waals surface area contributed by atoms with E-state index in [4.69, 9.17) is 10.1 Å². The molecule has 4 aliphatic heterocycles. The zero-order valence-corrected chi connectivity index (χ0v) is 25.0. The molecule has 0 bridgehead atoms. The van der Waals surface area contributed by atoms with Gasteiger partial charge in [0.2, 0.25) is 11.8 Å². The molecule has 0 saturated carbocycles. The molecule has 4 heterocycles. The summed E-state index contributed by atoms with van der Waals surface area (Å²) < 4.78 is 5.19. The van der Waals surface area contributed by atoms with Gasteiger partial charge in [-0.25, -0.2) is 0 Å². The van der Waals surface area contributed by atoms with Crippen LogP contribution in [0.25, 0.3) is 0 Å². The van der Waals surface area contributed by atoms with E-state index >= 15 is 0 Å². The lowest BCUT2D eigenvalue weighted by molar-refractivity contribution is -0.136. The molecule has 44 heavy (non-hydrogen) atoms. The van der Waals surface area contributed by atoms with Crippen LogP contribution in [0.2, 0.25) is 0 Å². The minimum atomic E-state index is -0.955. The molecule has 232 valence electrons. The normalized spacial score (nSPS) is 24.6. The Hall–Kier alpha value is -4.29. The van der Waals surface area contributed by atoms with Gasteiger partial charge in [-0.1, -0.05) is 0 Å². The molecule has 6 rings (SSSR count). The molecule has 0 spiro atoms. The highest BCUT2D eigenvalue weighted by molar-refractivity contribution is 6.23. The van der Waals surface area contributed by atoms with E-state index in [9.17, 15) is 19.2 Å². The SMILES string of the molecule is COC1=CC(=N)/C(=C\NC2CCN(CCN3CCN(c4ccc5c(c4)C(=O)N(C4CCC(=O)NC4=O)C5=O)CC3)CC2)C=C1. The number of carbonyl (C=O) groups is 4. The maximum absolute atomic E-state index is 13.2. The Labute approximate surface area is 256 Å². The van der Waals surface area contributed by atoms with Gasteiger partial charge >= 0.3 is 0 Å². The topological polar surface area (TPSA) is 138 Å². The number of amides is 4. The second-order valence-corrected chi connectivity index (χ2v) is 11.9. The molecule has 1 aromatic carbocycles. The van der Waals surface area contributed by atoms with Gasteiger partial charge in [-0.3, -0.25) is 34.3 Å². The summed E-state index contributed by atoms with van der Waals surface area (Å²) in [5.74, 6) is -1.24. The number of nitrogens with zero attached hydrogens (tertiary/aromatic N) is 4. The number of benzene rings is 1. The predicted molar refractivity (Wildman–Crippen MR) is 164 cm³/mol. The van der Waals surface area contributed by atoms with E-state index in [0.717, 1.165) is 81.4 Å². The maximum atomic E-state index is 13.2.